The lowest BCUT2D eigenvalue weighted by Gasteiger charge is -2.48. The van der Waals surface area contributed by atoms with Crippen LogP contribution in [-0.2, 0) is 12.8 Å². The number of aryl methyl sites for hydroxylation is 1. The number of piperidine rings is 1. The van der Waals surface area contributed by atoms with Gasteiger partial charge in [-0.15, -0.1) is 0 Å². The number of ether oxygens (including phenoxy) is 1. The minimum atomic E-state index is 0.523. The minimum absolute atomic E-state index is 0.523. The molecule has 1 aromatic carbocycles. The fourth-order valence-electron chi connectivity index (χ4n) is 4.49. The molecule has 2 nitrogen and oxygen atoms in total. The van der Waals surface area contributed by atoms with Crippen LogP contribution in [0.3, 0.4) is 0 Å². The first-order valence-electron chi connectivity index (χ1n) is 8.49. The van der Waals surface area contributed by atoms with E-state index in [0.29, 0.717) is 5.41 Å². The van der Waals surface area contributed by atoms with Crippen molar-refractivity contribution in [1.82, 2.24) is 5.32 Å². The highest BCUT2D eigenvalue weighted by Gasteiger charge is 2.42. The lowest BCUT2D eigenvalue weighted by atomic mass is 9.59. The highest BCUT2D eigenvalue weighted by Crippen LogP contribution is 2.48. The molecule has 0 saturated carbocycles. The summed E-state index contributed by atoms with van der Waals surface area (Å²) in [6.07, 6.45) is 6.55. The molecule has 0 bridgehead atoms. The summed E-state index contributed by atoms with van der Waals surface area (Å²) in [4.78, 5) is 0. The zero-order valence-electron chi connectivity index (χ0n) is 13.7. The predicted molar refractivity (Wildman–Crippen MR) is 87.9 cm³/mol. The lowest BCUT2D eigenvalue weighted by Crippen LogP contribution is -2.48. The van der Waals surface area contributed by atoms with Crippen LogP contribution in [0.25, 0.3) is 0 Å². The van der Waals surface area contributed by atoms with Crippen LogP contribution in [0.5, 0.6) is 5.75 Å². The maximum Gasteiger partial charge on any atom is 0.119 e. The maximum absolute atomic E-state index is 5.44. The van der Waals surface area contributed by atoms with E-state index in [1.54, 1.807) is 12.7 Å². The number of methoxy groups -OCH3 is 1. The molecule has 3 rings (SSSR count). The van der Waals surface area contributed by atoms with E-state index in [1.165, 1.54) is 50.8 Å². The number of fused-ring (bicyclic) bond motifs is 1. The van der Waals surface area contributed by atoms with Gasteiger partial charge in [-0.1, -0.05) is 19.9 Å². The number of hydrogen-bond acceptors (Lipinski definition) is 2. The van der Waals surface area contributed by atoms with Crippen molar-refractivity contribution in [3.63, 3.8) is 0 Å². The SMILES string of the molecule is COc1ccc2c(c1)CC1(CCNCC1CC(C)C)CC2. The number of benzene rings is 1. The second-order valence-corrected chi connectivity index (χ2v) is 7.45. The van der Waals surface area contributed by atoms with Crippen LogP contribution in [0, 0.1) is 17.3 Å². The Morgan fingerprint density at radius 1 is 1.29 bits per heavy atom. The molecule has 1 N–H and O–H groups in total. The monoisotopic (exact) mass is 287 g/mol. The summed E-state index contributed by atoms with van der Waals surface area (Å²) < 4.78 is 5.44. The van der Waals surface area contributed by atoms with Gasteiger partial charge in [-0.2, -0.15) is 0 Å². The van der Waals surface area contributed by atoms with Gasteiger partial charge >= 0.3 is 0 Å². The molecule has 21 heavy (non-hydrogen) atoms. The first-order valence-corrected chi connectivity index (χ1v) is 8.49. The van der Waals surface area contributed by atoms with Crippen molar-refractivity contribution in [2.75, 3.05) is 20.2 Å². The van der Waals surface area contributed by atoms with Crippen LogP contribution in [0.1, 0.15) is 44.2 Å². The minimum Gasteiger partial charge on any atom is -0.497 e. The van der Waals surface area contributed by atoms with Crippen LogP contribution in [0.2, 0.25) is 0 Å². The number of hydrogen-bond donors (Lipinski definition) is 1. The number of nitrogens with one attached hydrogen (secondary N) is 1. The molecule has 2 atom stereocenters. The summed E-state index contributed by atoms with van der Waals surface area (Å²) in [6.45, 7) is 7.12. The van der Waals surface area contributed by atoms with Crippen molar-refractivity contribution in [2.45, 2.75) is 46.0 Å². The Kier molecular flexibility index (Phi) is 4.26. The van der Waals surface area contributed by atoms with E-state index in [1.807, 2.05) is 0 Å². The van der Waals surface area contributed by atoms with E-state index in [4.69, 9.17) is 4.74 Å². The quantitative estimate of drug-likeness (QED) is 0.912. The Balaban J connectivity index is 1.87. The van der Waals surface area contributed by atoms with Gasteiger partial charge in [0.2, 0.25) is 0 Å². The maximum atomic E-state index is 5.44. The smallest absolute Gasteiger partial charge is 0.119 e. The largest absolute Gasteiger partial charge is 0.497 e. The Hall–Kier alpha value is -1.02. The third-order valence-electron chi connectivity index (χ3n) is 5.66. The highest BCUT2D eigenvalue weighted by molar-refractivity contribution is 5.38. The van der Waals surface area contributed by atoms with Crippen LogP contribution in [0.4, 0.5) is 0 Å². The van der Waals surface area contributed by atoms with Crippen LogP contribution in [-0.4, -0.2) is 20.2 Å². The second kappa shape index (κ2) is 6.00. The second-order valence-electron chi connectivity index (χ2n) is 7.45. The fourth-order valence-corrected chi connectivity index (χ4v) is 4.49. The lowest BCUT2D eigenvalue weighted by molar-refractivity contribution is 0.0721. The van der Waals surface area contributed by atoms with E-state index in [0.717, 1.165) is 17.6 Å². The van der Waals surface area contributed by atoms with Gasteiger partial charge in [-0.3, -0.25) is 0 Å². The molecule has 1 fully saturated rings. The molecule has 1 aliphatic carbocycles. The average molecular weight is 287 g/mol. The van der Waals surface area contributed by atoms with E-state index in [9.17, 15) is 0 Å². The molecule has 0 aromatic heterocycles. The molecular weight excluding hydrogens is 258 g/mol. The Bertz CT molecular complexity index is 496. The van der Waals surface area contributed by atoms with Crippen molar-refractivity contribution >= 4 is 0 Å². The van der Waals surface area contributed by atoms with E-state index in [2.05, 4.69) is 37.4 Å². The zero-order valence-corrected chi connectivity index (χ0v) is 13.7. The molecule has 116 valence electrons. The van der Waals surface area contributed by atoms with Crippen molar-refractivity contribution in [2.24, 2.45) is 17.3 Å². The summed E-state index contributed by atoms with van der Waals surface area (Å²) in [5, 5.41) is 3.63. The molecule has 1 spiro atoms. The molecule has 0 amide bonds. The third-order valence-corrected chi connectivity index (χ3v) is 5.66. The normalized spacial score (nSPS) is 28.7. The van der Waals surface area contributed by atoms with Crippen molar-refractivity contribution in [3.05, 3.63) is 29.3 Å². The molecular formula is C19H29NO. The van der Waals surface area contributed by atoms with E-state index < -0.39 is 0 Å². The van der Waals surface area contributed by atoms with Crippen LogP contribution >= 0.6 is 0 Å². The summed E-state index contributed by atoms with van der Waals surface area (Å²) in [5.41, 5.74) is 3.61. The molecule has 2 unspecified atom stereocenters. The standard InChI is InChI=1S/C19H29NO/c1-14(2)10-17-13-20-9-8-19(17)7-6-15-4-5-18(21-3)11-16(15)12-19/h4-5,11,14,17,20H,6-10,12-13H2,1-3H3. The first kappa shape index (κ1) is 14.9. The summed E-state index contributed by atoms with van der Waals surface area (Å²) in [6, 6.07) is 6.68. The Morgan fingerprint density at radius 3 is 2.90 bits per heavy atom. The molecule has 1 aliphatic heterocycles. The number of rotatable bonds is 3. The molecule has 2 heteroatoms. The van der Waals surface area contributed by atoms with Crippen molar-refractivity contribution in [1.29, 1.82) is 0 Å². The topological polar surface area (TPSA) is 21.3 Å². The van der Waals surface area contributed by atoms with Gasteiger partial charge in [-0.25, -0.2) is 0 Å². The summed E-state index contributed by atoms with van der Waals surface area (Å²) >= 11 is 0. The average Bonchev–Trinajstić information content (AvgIpc) is 2.48. The van der Waals surface area contributed by atoms with Gasteiger partial charge in [0.15, 0.2) is 0 Å². The van der Waals surface area contributed by atoms with Crippen molar-refractivity contribution in [3.8, 4) is 5.75 Å². The van der Waals surface area contributed by atoms with Gasteiger partial charge in [0.05, 0.1) is 7.11 Å². The van der Waals surface area contributed by atoms with Gasteiger partial charge in [0, 0.05) is 0 Å². The van der Waals surface area contributed by atoms with Crippen LogP contribution < -0.4 is 10.1 Å². The molecule has 2 aliphatic rings. The van der Waals surface area contributed by atoms with Gasteiger partial charge < -0.3 is 10.1 Å². The third kappa shape index (κ3) is 2.96. The first-order chi connectivity index (χ1) is 10.1. The van der Waals surface area contributed by atoms with E-state index in [-0.39, 0.29) is 0 Å². The highest BCUT2D eigenvalue weighted by atomic mass is 16.5. The van der Waals surface area contributed by atoms with Crippen molar-refractivity contribution < 1.29 is 4.74 Å². The Morgan fingerprint density at radius 2 is 2.14 bits per heavy atom. The molecule has 1 heterocycles. The van der Waals surface area contributed by atoms with Crippen LogP contribution in [0.15, 0.2) is 18.2 Å². The van der Waals surface area contributed by atoms with Gasteiger partial charge in [0.25, 0.3) is 0 Å². The fraction of sp³-hybridized carbons (Fsp3) is 0.684. The van der Waals surface area contributed by atoms with Gasteiger partial charge in [-0.05, 0) is 85.7 Å². The van der Waals surface area contributed by atoms with Gasteiger partial charge in [0.1, 0.15) is 5.75 Å². The summed E-state index contributed by atoms with van der Waals surface area (Å²) in [7, 11) is 1.77. The van der Waals surface area contributed by atoms with E-state index >= 15 is 0 Å². The zero-order chi connectivity index (χ0) is 14.9. The summed E-state index contributed by atoms with van der Waals surface area (Å²) in [5.74, 6) is 2.63. The molecule has 1 saturated heterocycles. The molecule has 1 aromatic rings. The predicted octanol–water partition coefficient (Wildman–Crippen LogP) is 3.83. The Labute approximate surface area is 129 Å². The molecule has 0 radical (unpaired) electrons.